The first kappa shape index (κ1) is 14.5. The number of carboxylic acid groups (broad SMARTS) is 1. The lowest BCUT2D eigenvalue weighted by Crippen LogP contribution is -2.30. The second kappa shape index (κ2) is 7.73. The van der Waals surface area contributed by atoms with Crippen LogP contribution in [-0.4, -0.2) is 30.3 Å². The standard InChI is InChI=1S/C11H19NO4/c1-4-7-16-11(15)12-6-5-9(8(2)3)10(13)14/h4,8-9H,1,5-7H2,2-3H3,(H,12,15)(H,13,14). The molecule has 0 aliphatic heterocycles. The van der Waals surface area contributed by atoms with Crippen LogP contribution in [0, 0.1) is 11.8 Å². The number of nitrogens with one attached hydrogen (secondary N) is 1. The highest BCUT2D eigenvalue weighted by Crippen LogP contribution is 2.14. The third-order valence-electron chi connectivity index (χ3n) is 2.18. The van der Waals surface area contributed by atoms with Gasteiger partial charge in [0.05, 0.1) is 5.92 Å². The van der Waals surface area contributed by atoms with E-state index in [0.717, 1.165) is 0 Å². The van der Waals surface area contributed by atoms with Crippen LogP contribution < -0.4 is 5.32 Å². The quantitative estimate of drug-likeness (QED) is 0.651. The molecule has 0 aromatic rings. The molecule has 0 heterocycles. The normalized spacial score (nSPS) is 11.9. The summed E-state index contributed by atoms with van der Waals surface area (Å²) in [6.45, 7) is 7.54. The zero-order valence-corrected chi connectivity index (χ0v) is 9.73. The molecule has 0 spiro atoms. The fourth-order valence-corrected chi connectivity index (χ4v) is 1.26. The molecule has 16 heavy (non-hydrogen) atoms. The molecule has 0 aromatic carbocycles. The summed E-state index contributed by atoms with van der Waals surface area (Å²) in [5.74, 6) is -1.24. The van der Waals surface area contributed by atoms with Gasteiger partial charge in [0, 0.05) is 6.54 Å². The van der Waals surface area contributed by atoms with Crippen molar-refractivity contribution in [3.8, 4) is 0 Å². The third-order valence-corrected chi connectivity index (χ3v) is 2.18. The number of aliphatic carboxylic acids is 1. The highest BCUT2D eigenvalue weighted by Gasteiger charge is 2.20. The lowest BCUT2D eigenvalue weighted by atomic mass is 9.93. The van der Waals surface area contributed by atoms with Crippen LogP contribution in [0.25, 0.3) is 0 Å². The van der Waals surface area contributed by atoms with Gasteiger partial charge in [0.25, 0.3) is 0 Å². The van der Waals surface area contributed by atoms with Gasteiger partial charge in [-0.1, -0.05) is 26.5 Å². The predicted molar refractivity (Wildman–Crippen MR) is 60.1 cm³/mol. The molecule has 1 amide bonds. The summed E-state index contributed by atoms with van der Waals surface area (Å²) in [5, 5.41) is 11.4. The van der Waals surface area contributed by atoms with Gasteiger partial charge in [-0.15, -0.1) is 0 Å². The monoisotopic (exact) mass is 229 g/mol. The van der Waals surface area contributed by atoms with E-state index in [1.54, 1.807) is 0 Å². The molecule has 0 saturated heterocycles. The van der Waals surface area contributed by atoms with Crippen LogP contribution >= 0.6 is 0 Å². The van der Waals surface area contributed by atoms with E-state index in [2.05, 4.69) is 16.6 Å². The van der Waals surface area contributed by atoms with Gasteiger partial charge in [-0.3, -0.25) is 4.79 Å². The number of hydrogen-bond donors (Lipinski definition) is 2. The Labute approximate surface area is 95.5 Å². The van der Waals surface area contributed by atoms with Crippen molar-refractivity contribution < 1.29 is 19.4 Å². The Morgan fingerprint density at radius 1 is 1.50 bits per heavy atom. The Hall–Kier alpha value is -1.52. The van der Waals surface area contributed by atoms with Crippen LogP contribution in [0.5, 0.6) is 0 Å². The SMILES string of the molecule is C=CCOC(=O)NCCC(C(=O)O)C(C)C. The van der Waals surface area contributed by atoms with Crippen molar-refractivity contribution in [2.24, 2.45) is 11.8 Å². The number of hydrogen-bond acceptors (Lipinski definition) is 3. The maximum Gasteiger partial charge on any atom is 0.407 e. The lowest BCUT2D eigenvalue weighted by molar-refractivity contribution is -0.143. The number of carboxylic acids is 1. The molecular weight excluding hydrogens is 210 g/mol. The van der Waals surface area contributed by atoms with Gasteiger partial charge in [0.2, 0.25) is 0 Å². The summed E-state index contributed by atoms with van der Waals surface area (Å²) >= 11 is 0. The number of amides is 1. The molecular formula is C11H19NO4. The summed E-state index contributed by atoms with van der Waals surface area (Å²) in [5.41, 5.74) is 0. The summed E-state index contributed by atoms with van der Waals surface area (Å²) in [4.78, 5) is 21.8. The molecule has 5 nitrogen and oxygen atoms in total. The van der Waals surface area contributed by atoms with E-state index in [1.165, 1.54) is 6.08 Å². The number of ether oxygens (including phenoxy) is 1. The Kier molecular flexibility index (Phi) is 7.00. The first-order chi connectivity index (χ1) is 7.49. The van der Waals surface area contributed by atoms with Crippen molar-refractivity contribution in [2.75, 3.05) is 13.2 Å². The molecule has 0 aliphatic rings. The van der Waals surface area contributed by atoms with Gasteiger partial charge in [-0.25, -0.2) is 4.79 Å². The minimum Gasteiger partial charge on any atom is -0.481 e. The predicted octanol–water partition coefficient (Wildman–Crippen LogP) is 1.65. The van der Waals surface area contributed by atoms with E-state index in [0.29, 0.717) is 13.0 Å². The molecule has 0 radical (unpaired) electrons. The molecule has 0 fully saturated rings. The van der Waals surface area contributed by atoms with Crippen molar-refractivity contribution in [1.29, 1.82) is 0 Å². The van der Waals surface area contributed by atoms with E-state index in [1.807, 2.05) is 13.8 Å². The molecule has 0 aromatic heterocycles. The zero-order chi connectivity index (χ0) is 12.6. The minimum atomic E-state index is -0.837. The molecule has 0 aliphatic carbocycles. The molecule has 1 atom stereocenters. The highest BCUT2D eigenvalue weighted by atomic mass is 16.5. The second-order valence-electron chi connectivity index (χ2n) is 3.79. The number of alkyl carbamates (subject to hydrolysis) is 1. The van der Waals surface area contributed by atoms with Crippen LogP contribution in [-0.2, 0) is 9.53 Å². The highest BCUT2D eigenvalue weighted by molar-refractivity contribution is 5.70. The smallest absolute Gasteiger partial charge is 0.407 e. The maximum atomic E-state index is 11.0. The summed E-state index contributed by atoms with van der Waals surface area (Å²) in [6, 6.07) is 0. The van der Waals surface area contributed by atoms with E-state index >= 15 is 0 Å². The van der Waals surface area contributed by atoms with Gasteiger partial charge in [0.15, 0.2) is 0 Å². The average Bonchev–Trinajstić information content (AvgIpc) is 2.20. The van der Waals surface area contributed by atoms with Gasteiger partial charge in [0.1, 0.15) is 6.61 Å². The lowest BCUT2D eigenvalue weighted by Gasteiger charge is -2.15. The zero-order valence-electron chi connectivity index (χ0n) is 9.73. The number of rotatable bonds is 7. The maximum absolute atomic E-state index is 11.0. The topological polar surface area (TPSA) is 75.6 Å². The number of carbonyl (C=O) groups is 2. The van der Waals surface area contributed by atoms with E-state index in [-0.39, 0.29) is 12.5 Å². The molecule has 0 saturated carbocycles. The molecule has 2 N–H and O–H groups in total. The second-order valence-corrected chi connectivity index (χ2v) is 3.79. The Morgan fingerprint density at radius 3 is 2.56 bits per heavy atom. The molecule has 1 unspecified atom stereocenters. The molecule has 0 rings (SSSR count). The average molecular weight is 229 g/mol. The van der Waals surface area contributed by atoms with Crippen LogP contribution in [0.3, 0.4) is 0 Å². The molecule has 92 valence electrons. The van der Waals surface area contributed by atoms with E-state index in [9.17, 15) is 9.59 Å². The van der Waals surface area contributed by atoms with Crippen molar-refractivity contribution in [3.05, 3.63) is 12.7 Å². The summed E-state index contributed by atoms with van der Waals surface area (Å²) < 4.78 is 4.68. The number of carbonyl (C=O) groups excluding carboxylic acids is 1. The first-order valence-electron chi connectivity index (χ1n) is 5.23. The minimum absolute atomic E-state index is 0.0449. The van der Waals surface area contributed by atoms with Crippen molar-refractivity contribution in [2.45, 2.75) is 20.3 Å². The molecule has 0 bridgehead atoms. The van der Waals surface area contributed by atoms with Gasteiger partial charge in [-0.2, -0.15) is 0 Å². The third kappa shape index (κ3) is 6.06. The Morgan fingerprint density at radius 2 is 2.12 bits per heavy atom. The van der Waals surface area contributed by atoms with Crippen molar-refractivity contribution in [3.63, 3.8) is 0 Å². The first-order valence-corrected chi connectivity index (χ1v) is 5.23. The fraction of sp³-hybridized carbons (Fsp3) is 0.636. The van der Waals surface area contributed by atoms with Crippen LogP contribution in [0.2, 0.25) is 0 Å². The largest absolute Gasteiger partial charge is 0.481 e. The molecule has 5 heteroatoms. The Bertz CT molecular complexity index is 250. The van der Waals surface area contributed by atoms with Crippen LogP contribution in [0.15, 0.2) is 12.7 Å². The van der Waals surface area contributed by atoms with Crippen LogP contribution in [0.1, 0.15) is 20.3 Å². The van der Waals surface area contributed by atoms with Crippen molar-refractivity contribution >= 4 is 12.1 Å². The fourth-order valence-electron chi connectivity index (χ4n) is 1.26. The van der Waals surface area contributed by atoms with Crippen molar-refractivity contribution in [1.82, 2.24) is 5.32 Å². The van der Waals surface area contributed by atoms with Gasteiger partial charge < -0.3 is 15.2 Å². The van der Waals surface area contributed by atoms with E-state index < -0.39 is 18.0 Å². The van der Waals surface area contributed by atoms with Gasteiger partial charge in [-0.05, 0) is 12.3 Å². The summed E-state index contributed by atoms with van der Waals surface area (Å²) in [6.07, 6.45) is 1.32. The van der Waals surface area contributed by atoms with Gasteiger partial charge >= 0.3 is 12.1 Å². The Balaban J connectivity index is 3.82. The van der Waals surface area contributed by atoms with E-state index in [4.69, 9.17) is 5.11 Å². The summed E-state index contributed by atoms with van der Waals surface area (Å²) in [7, 11) is 0. The van der Waals surface area contributed by atoms with Crippen LogP contribution in [0.4, 0.5) is 4.79 Å².